The summed E-state index contributed by atoms with van der Waals surface area (Å²) in [4.78, 5) is 12.5. The van der Waals surface area contributed by atoms with Crippen LogP contribution in [0.1, 0.15) is 18.9 Å². The number of piperidine rings is 1. The molecule has 23 heavy (non-hydrogen) atoms. The predicted molar refractivity (Wildman–Crippen MR) is 91.5 cm³/mol. The fraction of sp³-hybridized carbons (Fsp3) is 0.588. The van der Waals surface area contributed by atoms with E-state index in [1.807, 2.05) is 18.2 Å². The number of benzene rings is 1. The summed E-state index contributed by atoms with van der Waals surface area (Å²) in [5, 5.41) is 6.56. The van der Waals surface area contributed by atoms with Crippen LogP contribution in [0, 0.1) is 11.8 Å². The first-order valence-electron chi connectivity index (χ1n) is 7.98. The van der Waals surface area contributed by atoms with Gasteiger partial charge >= 0.3 is 0 Å². The van der Waals surface area contributed by atoms with Gasteiger partial charge in [-0.1, -0.05) is 6.92 Å². The Kier molecular flexibility index (Phi) is 6.13. The van der Waals surface area contributed by atoms with E-state index in [1.54, 1.807) is 7.11 Å². The van der Waals surface area contributed by atoms with Gasteiger partial charge in [-0.15, -0.1) is 12.4 Å². The molecule has 6 heteroatoms. The minimum atomic E-state index is -0.123. The third-order valence-electron chi connectivity index (χ3n) is 4.66. The van der Waals surface area contributed by atoms with E-state index in [-0.39, 0.29) is 30.3 Å². The van der Waals surface area contributed by atoms with Gasteiger partial charge in [-0.3, -0.25) is 4.79 Å². The molecule has 1 aromatic carbocycles. The fourth-order valence-corrected chi connectivity index (χ4v) is 3.20. The predicted octanol–water partition coefficient (Wildman–Crippen LogP) is 1.78. The summed E-state index contributed by atoms with van der Waals surface area (Å²) in [5.74, 6) is 2.11. The minimum Gasteiger partial charge on any atom is -0.497 e. The maximum Gasteiger partial charge on any atom is 0.227 e. The molecule has 5 nitrogen and oxygen atoms in total. The summed E-state index contributed by atoms with van der Waals surface area (Å²) in [6, 6.07) is 6.02. The normalized spacial score (nSPS) is 26.3. The van der Waals surface area contributed by atoms with Gasteiger partial charge in [-0.25, -0.2) is 0 Å². The molecule has 1 fully saturated rings. The van der Waals surface area contributed by atoms with E-state index >= 15 is 0 Å². The first kappa shape index (κ1) is 17.9. The van der Waals surface area contributed by atoms with E-state index in [0.717, 1.165) is 36.6 Å². The van der Waals surface area contributed by atoms with Crippen LogP contribution >= 0.6 is 12.4 Å². The van der Waals surface area contributed by atoms with Crippen LogP contribution < -0.4 is 20.1 Å². The average molecular weight is 341 g/mol. The van der Waals surface area contributed by atoms with E-state index in [1.165, 1.54) is 0 Å². The summed E-state index contributed by atoms with van der Waals surface area (Å²) in [6.45, 7) is 4.56. The number of rotatable bonds is 3. The number of hydrogen-bond acceptors (Lipinski definition) is 4. The number of nitrogens with one attached hydrogen (secondary N) is 2. The lowest BCUT2D eigenvalue weighted by Gasteiger charge is -2.32. The van der Waals surface area contributed by atoms with Crippen molar-refractivity contribution in [2.24, 2.45) is 11.8 Å². The maximum absolute atomic E-state index is 12.5. The van der Waals surface area contributed by atoms with Crippen molar-refractivity contribution in [3.05, 3.63) is 23.8 Å². The molecule has 0 radical (unpaired) electrons. The number of hydrogen-bond donors (Lipinski definition) is 2. The number of fused-ring (bicyclic) bond motifs is 1. The van der Waals surface area contributed by atoms with E-state index in [4.69, 9.17) is 9.47 Å². The summed E-state index contributed by atoms with van der Waals surface area (Å²) < 4.78 is 11.0. The highest BCUT2D eigenvalue weighted by molar-refractivity contribution is 5.85. The molecule has 3 atom stereocenters. The van der Waals surface area contributed by atoms with Crippen molar-refractivity contribution in [3.8, 4) is 11.5 Å². The molecule has 1 saturated heterocycles. The number of amides is 1. The molecule has 0 spiro atoms. The van der Waals surface area contributed by atoms with Gasteiger partial charge < -0.3 is 20.1 Å². The summed E-state index contributed by atoms with van der Waals surface area (Å²) in [6.07, 6.45) is 1.70. The van der Waals surface area contributed by atoms with Crippen LogP contribution in [0.15, 0.2) is 18.2 Å². The van der Waals surface area contributed by atoms with Crippen LogP contribution in [-0.2, 0) is 11.2 Å². The number of ether oxygens (including phenoxy) is 2. The molecule has 0 aromatic heterocycles. The van der Waals surface area contributed by atoms with Crippen LogP contribution in [0.25, 0.3) is 0 Å². The first-order valence-corrected chi connectivity index (χ1v) is 7.98. The Balaban J connectivity index is 0.00000192. The van der Waals surface area contributed by atoms with Crippen LogP contribution in [0.5, 0.6) is 11.5 Å². The van der Waals surface area contributed by atoms with Gasteiger partial charge in [0.2, 0.25) is 5.91 Å². The zero-order chi connectivity index (χ0) is 15.5. The molecule has 2 N–H and O–H groups in total. The minimum absolute atomic E-state index is 0. The topological polar surface area (TPSA) is 59.6 Å². The average Bonchev–Trinajstić information content (AvgIpc) is 2.55. The van der Waals surface area contributed by atoms with Gasteiger partial charge in [-0.05, 0) is 55.6 Å². The summed E-state index contributed by atoms with van der Waals surface area (Å²) in [7, 11) is 1.65. The van der Waals surface area contributed by atoms with Crippen LogP contribution in [0.2, 0.25) is 0 Å². The van der Waals surface area contributed by atoms with Gasteiger partial charge in [0, 0.05) is 6.04 Å². The van der Waals surface area contributed by atoms with Crippen molar-refractivity contribution < 1.29 is 14.3 Å². The van der Waals surface area contributed by atoms with Crippen molar-refractivity contribution in [1.82, 2.24) is 10.6 Å². The van der Waals surface area contributed by atoms with Crippen molar-refractivity contribution in [1.29, 1.82) is 0 Å². The quantitative estimate of drug-likeness (QED) is 0.880. The van der Waals surface area contributed by atoms with E-state index in [0.29, 0.717) is 18.9 Å². The van der Waals surface area contributed by atoms with Crippen LogP contribution in [-0.4, -0.2) is 38.8 Å². The molecule has 2 aliphatic heterocycles. The zero-order valence-corrected chi connectivity index (χ0v) is 14.4. The second-order valence-corrected chi connectivity index (χ2v) is 6.27. The molecule has 0 saturated carbocycles. The Bertz CT molecular complexity index is 553. The molecule has 3 rings (SSSR count). The molecular weight excluding hydrogens is 316 g/mol. The van der Waals surface area contributed by atoms with Crippen molar-refractivity contribution >= 4 is 18.3 Å². The largest absolute Gasteiger partial charge is 0.497 e. The molecule has 128 valence electrons. The lowest BCUT2D eigenvalue weighted by Crippen LogP contribution is -2.51. The van der Waals surface area contributed by atoms with Gasteiger partial charge in [0.15, 0.2) is 0 Å². The molecule has 2 heterocycles. The Labute approximate surface area is 143 Å². The second-order valence-electron chi connectivity index (χ2n) is 6.27. The first-order chi connectivity index (χ1) is 10.7. The Morgan fingerprint density at radius 2 is 2.26 bits per heavy atom. The highest BCUT2D eigenvalue weighted by atomic mass is 35.5. The van der Waals surface area contributed by atoms with Crippen LogP contribution in [0.3, 0.4) is 0 Å². The Morgan fingerprint density at radius 1 is 1.43 bits per heavy atom. The number of carbonyl (C=O) groups excluding carboxylic acids is 1. The van der Waals surface area contributed by atoms with Gasteiger partial charge in [0.25, 0.3) is 0 Å². The van der Waals surface area contributed by atoms with E-state index in [2.05, 4.69) is 17.6 Å². The fourth-order valence-electron chi connectivity index (χ4n) is 3.20. The maximum atomic E-state index is 12.5. The third kappa shape index (κ3) is 4.09. The molecule has 2 aliphatic rings. The smallest absolute Gasteiger partial charge is 0.227 e. The zero-order valence-electron chi connectivity index (χ0n) is 13.6. The summed E-state index contributed by atoms with van der Waals surface area (Å²) in [5.41, 5.74) is 1.05. The third-order valence-corrected chi connectivity index (χ3v) is 4.66. The summed E-state index contributed by atoms with van der Waals surface area (Å²) >= 11 is 0. The standard InChI is InChI=1S/C17H24N2O3.ClH/c1-11-9-18-6-5-15(11)19-17(20)13-7-12-8-14(21-2)3-4-16(12)22-10-13;/h3-4,8,11,13,15,18H,5-7,9-10H2,1-2H3,(H,19,20);1H. The van der Waals surface area contributed by atoms with Crippen LogP contribution in [0.4, 0.5) is 0 Å². The molecule has 0 aliphatic carbocycles. The Hall–Kier alpha value is -1.46. The highest BCUT2D eigenvalue weighted by Crippen LogP contribution is 2.30. The molecular formula is C17H25ClN2O3. The second kappa shape index (κ2) is 7.88. The lowest BCUT2D eigenvalue weighted by atomic mass is 9.92. The molecule has 1 aromatic rings. The number of methoxy groups -OCH3 is 1. The van der Waals surface area contributed by atoms with E-state index in [9.17, 15) is 4.79 Å². The van der Waals surface area contributed by atoms with Crippen molar-refractivity contribution in [3.63, 3.8) is 0 Å². The molecule has 3 unspecified atom stereocenters. The lowest BCUT2D eigenvalue weighted by molar-refractivity contribution is -0.127. The highest BCUT2D eigenvalue weighted by Gasteiger charge is 2.30. The van der Waals surface area contributed by atoms with E-state index < -0.39 is 0 Å². The van der Waals surface area contributed by atoms with Gasteiger partial charge in [-0.2, -0.15) is 0 Å². The Morgan fingerprint density at radius 3 is 3.00 bits per heavy atom. The number of carbonyl (C=O) groups is 1. The van der Waals surface area contributed by atoms with Gasteiger partial charge in [0.05, 0.1) is 13.0 Å². The van der Waals surface area contributed by atoms with Crippen molar-refractivity contribution in [2.75, 3.05) is 26.8 Å². The van der Waals surface area contributed by atoms with Crippen molar-refractivity contribution in [2.45, 2.75) is 25.8 Å². The SMILES string of the molecule is COc1ccc2c(c1)CC(C(=O)NC1CCNCC1C)CO2.Cl. The molecule has 1 amide bonds. The number of halogens is 1. The molecule has 0 bridgehead atoms. The van der Waals surface area contributed by atoms with Gasteiger partial charge in [0.1, 0.15) is 18.1 Å². The monoisotopic (exact) mass is 340 g/mol.